The molecule has 1 aliphatic carbocycles. The largest absolute Gasteiger partial charge is 0.379 e. The van der Waals surface area contributed by atoms with E-state index in [9.17, 15) is 4.79 Å². The molecule has 18 heavy (non-hydrogen) atoms. The van der Waals surface area contributed by atoms with Crippen molar-refractivity contribution in [2.75, 3.05) is 39.4 Å². The fraction of sp³-hybridized carbons (Fsp3) is 0.929. The Morgan fingerprint density at radius 2 is 1.61 bits per heavy atom. The maximum Gasteiger partial charge on any atom is 0.133 e. The topological polar surface area (TPSA) is 32.8 Å². The summed E-state index contributed by atoms with van der Waals surface area (Å²) in [5.41, 5.74) is 0. The third-order valence-corrected chi connectivity index (χ3v) is 4.79. The van der Waals surface area contributed by atoms with Crippen LogP contribution in [-0.2, 0) is 9.53 Å². The van der Waals surface area contributed by atoms with Gasteiger partial charge in [0.25, 0.3) is 0 Å². The zero-order chi connectivity index (χ0) is 12.4. The van der Waals surface area contributed by atoms with E-state index in [-0.39, 0.29) is 0 Å². The molecular weight excluding hydrogens is 228 g/mol. The van der Waals surface area contributed by atoms with Crippen molar-refractivity contribution in [1.82, 2.24) is 9.80 Å². The van der Waals surface area contributed by atoms with Crippen molar-refractivity contribution in [2.24, 2.45) is 0 Å². The first-order valence-corrected chi connectivity index (χ1v) is 7.40. The van der Waals surface area contributed by atoms with E-state index in [2.05, 4.69) is 9.80 Å². The Bertz CT molecular complexity index is 292. The van der Waals surface area contributed by atoms with Crippen LogP contribution >= 0.6 is 0 Å². The predicted octanol–water partition coefficient (Wildman–Crippen LogP) is 0.905. The van der Waals surface area contributed by atoms with Crippen LogP contribution in [0.5, 0.6) is 0 Å². The van der Waals surface area contributed by atoms with E-state index in [1.54, 1.807) is 0 Å². The lowest BCUT2D eigenvalue weighted by atomic mass is 9.93. The predicted molar refractivity (Wildman–Crippen MR) is 69.6 cm³/mol. The first-order valence-electron chi connectivity index (χ1n) is 7.40. The van der Waals surface area contributed by atoms with Crippen LogP contribution in [0.4, 0.5) is 0 Å². The van der Waals surface area contributed by atoms with Gasteiger partial charge in [0.05, 0.1) is 13.2 Å². The highest BCUT2D eigenvalue weighted by Crippen LogP contribution is 2.26. The third kappa shape index (κ3) is 2.76. The third-order valence-electron chi connectivity index (χ3n) is 4.79. The Balaban J connectivity index is 1.50. The molecule has 3 aliphatic rings. The average Bonchev–Trinajstić information content (AvgIpc) is 2.90. The van der Waals surface area contributed by atoms with Gasteiger partial charge in [-0.25, -0.2) is 0 Å². The van der Waals surface area contributed by atoms with Crippen LogP contribution in [0.2, 0.25) is 0 Å². The van der Waals surface area contributed by atoms with Crippen molar-refractivity contribution in [2.45, 2.75) is 44.2 Å². The van der Waals surface area contributed by atoms with E-state index in [1.807, 2.05) is 0 Å². The number of hydrogen-bond donors (Lipinski definition) is 0. The highest BCUT2D eigenvalue weighted by atomic mass is 16.5. The number of carbonyl (C=O) groups is 1. The number of ether oxygens (including phenoxy) is 1. The molecule has 3 rings (SSSR count). The maximum atomic E-state index is 11.3. The monoisotopic (exact) mass is 252 g/mol. The standard InChI is InChI=1S/C14H24N2O2/c17-14-3-1-12(2-4-14)16-6-5-13(11-16)15-7-9-18-10-8-15/h12-13H,1-11H2. The number of ketones is 1. The quantitative estimate of drug-likeness (QED) is 0.731. The van der Waals surface area contributed by atoms with Gasteiger partial charge in [-0.05, 0) is 19.3 Å². The van der Waals surface area contributed by atoms with Gasteiger partial charge < -0.3 is 4.74 Å². The lowest BCUT2D eigenvalue weighted by Gasteiger charge is -2.34. The number of likely N-dealkylation sites (tertiary alicyclic amines) is 1. The molecule has 0 aromatic carbocycles. The van der Waals surface area contributed by atoms with Crippen molar-refractivity contribution < 1.29 is 9.53 Å². The van der Waals surface area contributed by atoms with Crippen molar-refractivity contribution >= 4 is 5.78 Å². The number of rotatable bonds is 2. The Morgan fingerprint density at radius 3 is 2.33 bits per heavy atom. The van der Waals surface area contributed by atoms with Crippen LogP contribution < -0.4 is 0 Å². The van der Waals surface area contributed by atoms with E-state index in [1.165, 1.54) is 19.5 Å². The van der Waals surface area contributed by atoms with Gasteiger partial charge in [-0.2, -0.15) is 0 Å². The van der Waals surface area contributed by atoms with Gasteiger partial charge in [-0.1, -0.05) is 0 Å². The van der Waals surface area contributed by atoms with Gasteiger partial charge in [0.1, 0.15) is 5.78 Å². The van der Waals surface area contributed by atoms with Gasteiger partial charge >= 0.3 is 0 Å². The molecule has 1 atom stereocenters. The minimum atomic E-state index is 0.468. The number of nitrogens with zero attached hydrogens (tertiary/aromatic N) is 2. The summed E-state index contributed by atoms with van der Waals surface area (Å²) in [7, 11) is 0. The summed E-state index contributed by atoms with van der Waals surface area (Å²) in [6.45, 7) is 6.42. The molecule has 0 radical (unpaired) electrons. The molecule has 1 unspecified atom stereocenters. The summed E-state index contributed by atoms with van der Waals surface area (Å²) in [6.07, 6.45) is 5.10. The van der Waals surface area contributed by atoms with Gasteiger partial charge in [0.15, 0.2) is 0 Å². The molecule has 102 valence electrons. The minimum absolute atomic E-state index is 0.468. The summed E-state index contributed by atoms with van der Waals surface area (Å²) < 4.78 is 5.42. The van der Waals surface area contributed by atoms with Crippen LogP contribution in [0.1, 0.15) is 32.1 Å². The Hall–Kier alpha value is -0.450. The molecule has 2 saturated heterocycles. The average molecular weight is 252 g/mol. The Kier molecular flexibility index (Phi) is 3.97. The summed E-state index contributed by atoms with van der Waals surface area (Å²) in [5.74, 6) is 0.468. The van der Waals surface area contributed by atoms with Crippen LogP contribution in [0.15, 0.2) is 0 Å². The highest BCUT2D eigenvalue weighted by Gasteiger charge is 2.33. The zero-order valence-electron chi connectivity index (χ0n) is 11.1. The SMILES string of the molecule is O=C1CCC(N2CCC(N3CCOCC3)C2)CC1. The lowest BCUT2D eigenvalue weighted by Crippen LogP contribution is -2.46. The summed E-state index contributed by atoms with van der Waals surface area (Å²) in [4.78, 5) is 16.5. The molecule has 1 saturated carbocycles. The highest BCUT2D eigenvalue weighted by molar-refractivity contribution is 5.79. The second kappa shape index (κ2) is 5.68. The molecular formula is C14H24N2O2. The smallest absolute Gasteiger partial charge is 0.133 e. The van der Waals surface area contributed by atoms with Gasteiger partial charge in [0, 0.05) is 51.1 Å². The molecule has 0 aromatic heterocycles. The number of morpholine rings is 1. The zero-order valence-corrected chi connectivity index (χ0v) is 11.1. The fourth-order valence-electron chi connectivity index (χ4n) is 3.63. The normalized spacial score (nSPS) is 33.1. The van der Waals surface area contributed by atoms with Crippen LogP contribution in [0, 0.1) is 0 Å². The number of Topliss-reactive ketones (excluding diaryl/α,β-unsaturated/α-hetero) is 1. The summed E-state index contributed by atoms with van der Waals surface area (Å²) in [6, 6.07) is 1.40. The second-order valence-electron chi connectivity index (χ2n) is 5.86. The molecule has 0 amide bonds. The first-order chi connectivity index (χ1) is 8.83. The molecule has 0 spiro atoms. The summed E-state index contributed by atoms with van der Waals surface area (Å²) in [5, 5.41) is 0. The van der Waals surface area contributed by atoms with Crippen molar-refractivity contribution in [3.8, 4) is 0 Å². The molecule has 0 aromatic rings. The molecule has 4 nitrogen and oxygen atoms in total. The summed E-state index contributed by atoms with van der Waals surface area (Å²) >= 11 is 0. The Morgan fingerprint density at radius 1 is 0.889 bits per heavy atom. The minimum Gasteiger partial charge on any atom is -0.379 e. The van der Waals surface area contributed by atoms with Crippen LogP contribution in [0.3, 0.4) is 0 Å². The van der Waals surface area contributed by atoms with E-state index in [0.717, 1.165) is 58.0 Å². The van der Waals surface area contributed by atoms with Crippen molar-refractivity contribution in [1.29, 1.82) is 0 Å². The lowest BCUT2D eigenvalue weighted by molar-refractivity contribution is -0.121. The van der Waals surface area contributed by atoms with E-state index in [4.69, 9.17) is 4.74 Å². The molecule has 4 heteroatoms. The van der Waals surface area contributed by atoms with Gasteiger partial charge in [0.2, 0.25) is 0 Å². The van der Waals surface area contributed by atoms with Crippen LogP contribution in [0.25, 0.3) is 0 Å². The van der Waals surface area contributed by atoms with E-state index in [0.29, 0.717) is 11.8 Å². The molecule has 0 N–H and O–H groups in total. The number of carbonyl (C=O) groups excluding carboxylic acids is 1. The van der Waals surface area contributed by atoms with Crippen molar-refractivity contribution in [3.05, 3.63) is 0 Å². The van der Waals surface area contributed by atoms with Gasteiger partial charge in [-0.3, -0.25) is 14.6 Å². The number of hydrogen-bond acceptors (Lipinski definition) is 4. The molecule has 2 aliphatic heterocycles. The molecule has 2 heterocycles. The second-order valence-corrected chi connectivity index (χ2v) is 5.86. The Labute approximate surface area is 109 Å². The molecule has 3 fully saturated rings. The van der Waals surface area contributed by atoms with Crippen molar-refractivity contribution in [3.63, 3.8) is 0 Å². The van der Waals surface area contributed by atoms with E-state index >= 15 is 0 Å². The van der Waals surface area contributed by atoms with Gasteiger partial charge in [-0.15, -0.1) is 0 Å². The fourth-order valence-corrected chi connectivity index (χ4v) is 3.63. The molecule has 0 bridgehead atoms. The first kappa shape index (κ1) is 12.6. The van der Waals surface area contributed by atoms with E-state index < -0.39 is 0 Å². The maximum absolute atomic E-state index is 11.3. The van der Waals surface area contributed by atoms with Crippen LogP contribution in [-0.4, -0.2) is 67.1 Å².